The van der Waals surface area contributed by atoms with Crippen molar-refractivity contribution in [3.8, 4) is 0 Å². The lowest BCUT2D eigenvalue weighted by molar-refractivity contribution is 0.0695. The summed E-state index contributed by atoms with van der Waals surface area (Å²) in [4.78, 5) is 23.8. The summed E-state index contributed by atoms with van der Waals surface area (Å²) in [5.41, 5.74) is -0.388. The number of aromatic nitrogens is 1. The van der Waals surface area contributed by atoms with Crippen LogP contribution in [0.5, 0.6) is 0 Å². The number of carboxylic acid groups (broad SMARTS) is 1. The zero-order chi connectivity index (χ0) is 17.0. The molecule has 2 heterocycles. The van der Waals surface area contributed by atoms with Crippen molar-refractivity contribution in [2.75, 3.05) is 7.11 Å². The smallest absolute Gasteiger partial charge is 0.341 e. The number of hydrogen-bond donors (Lipinski definition) is 1. The molecule has 1 aliphatic rings. The van der Waals surface area contributed by atoms with E-state index in [0.29, 0.717) is 11.3 Å². The first kappa shape index (κ1) is 14.9. The van der Waals surface area contributed by atoms with Crippen molar-refractivity contribution in [3.05, 3.63) is 45.7 Å². The number of fused-ring (bicyclic) bond motifs is 3. The van der Waals surface area contributed by atoms with Gasteiger partial charge in [0.15, 0.2) is 5.58 Å². The Balaban J connectivity index is 2.17. The van der Waals surface area contributed by atoms with E-state index >= 15 is 0 Å². The Morgan fingerprint density at radius 3 is 2.79 bits per heavy atom. The minimum atomic E-state index is -1.32. The number of benzene rings is 1. The van der Waals surface area contributed by atoms with Gasteiger partial charge in [0.2, 0.25) is 5.43 Å². The summed E-state index contributed by atoms with van der Waals surface area (Å²) in [6.45, 7) is 0.177. The van der Waals surface area contributed by atoms with Crippen LogP contribution in [-0.2, 0) is 11.3 Å². The number of carbonyl (C=O) groups is 1. The number of pyridine rings is 1. The highest BCUT2D eigenvalue weighted by molar-refractivity contribution is 6.04. The molecule has 0 amide bonds. The van der Waals surface area contributed by atoms with Crippen molar-refractivity contribution in [3.63, 3.8) is 0 Å². The van der Waals surface area contributed by atoms with Gasteiger partial charge in [0.25, 0.3) is 0 Å². The Morgan fingerprint density at radius 2 is 2.17 bits per heavy atom. The van der Waals surface area contributed by atoms with Crippen molar-refractivity contribution in [2.45, 2.75) is 25.5 Å². The number of halogens is 1. The topological polar surface area (TPSA) is 81.7 Å². The van der Waals surface area contributed by atoms with Gasteiger partial charge in [-0.25, -0.2) is 9.18 Å². The number of furan rings is 1. The average molecular weight is 331 g/mol. The van der Waals surface area contributed by atoms with Crippen molar-refractivity contribution in [2.24, 2.45) is 0 Å². The van der Waals surface area contributed by atoms with E-state index in [2.05, 4.69) is 0 Å². The third kappa shape index (κ3) is 2.12. The first-order chi connectivity index (χ1) is 11.5. The molecule has 0 unspecified atom stereocenters. The quantitative estimate of drug-likeness (QED) is 0.794. The predicted octanol–water partition coefficient (Wildman–Crippen LogP) is 3.07. The lowest BCUT2D eigenvalue weighted by Crippen LogP contribution is -2.19. The molecular weight excluding hydrogens is 317 g/mol. The Morgan fingerprint density at radius 1 is 1.42 bits per heavy atom. The molecule has 24 heavy (non-hydrogen) atoms. The highest BCUT2D eigenvalue weighted by atomic mass is 19.1. The number of methoxy groups -OCH3 is 1. The summed E-state index contributed by atoms with van der Waals surface area (Å²) in [5.74, 6) is -1.50. The number of carboxylic acids is 1. The minimum absolute atomic E-state index is 0.0186. The molecule has 0 saturated heterocycles. The van der Waals surface area contributed by atoms with Gasteiger partial charge >= 0.3 is 5.97 Å². The van der Waals surface area contributed by atoms with Crippen LogP contribution in [0.15, 0.2) is 27.5 Å². The zero-order valence-corrected chi connectivity index (χ0v) is 12.8. The minimum Gasteiger partial charge on any atom is -0.477 e. The van der Waals surface area contributed by atoms with E-state index in [1.807, 2.05) is 0 Å². The Hall–Kier alpha value is -2.67. The second-order valence-electron chi connectivity index (χ2n) is 5.96. The highest BCUT2D eigenvalue weighted by Crippen LogP contribution is 2.39. The SMILES string of the molecule is COCc1cc2c(F)cc3c(=O)c(C(=O)O)cn(C4CC4)c3c2o1. The predicted molar refractivity (Wildman–Crippen MR) is 83.9 cm³/mol. The van der Waals surface area contributed by atoms with Crippen LogP contribution in [0.25, 0.3) is 21.9 Å². The maximum absolute atomic E-state index is 14.4. The molecule has 6 nitrogen and oxygen atoms in total. The third-order valence-corrected chi connectivity index (χ3v) is 4.25. The largest absolute Gasteiger partial charge is 0.477 e. The van der Waals surface area contributed by atoms with E-state index < -0.39 is 17.2 Å². The summed E-state index contributed by atoms with van der Waals surface area (Å²) in [5, 5.41) is 9.54. The highest BCUT2D eigenvalue weighted by Gasteiger charge is 2.29. The van der Waals surface area contributed by atoms with Crippen molar-refractivity contribution >= 4 is 27.8 Å². The van der Waals surface area contributed by atoms with Crippen molar-refractivity contribution < 1.29 is 23.4 Å². The fourth-order valence-corrected chi connectivity index (χ4v) is 3.03. The molecule has 3 aromatic rings. The molecule has 1 N–H and O–H groups in total. The second kappa shape index (κ2) is 5.17. The molecule has 1 aromatic carbocycles. The molecule has 0 bridgehead atoms. The number of ether oxygens (including phenoxy) is 1. The van der Waals surface area contributed by atoms with Gasteiger partial charge < -0.3 is 18.8 Å². The normalized spacial score (nSPS) is 14.6. The first-order valence-electron chi connectivity index (χ1n) is 7.53. The van der Waals surface area contributed by atoms with E-state index in [-0.39, 0.29) is 34.6 Å². The standard InChI is InChI=1S/C17H14FNO5/c1-23-7-9-4-10-13(18)5-11-14(16(10)24-9)19(8-2-3-8)6-12(15(11)20)17(21)22/h4-6,8H,2-3,7H2,1H3,(H,21,22). The summed E-state index contributed by atoms with van der Waals surface area (Å²) in [6.07, 6.45) is 3.09. The molecule has 4 rings (SSSR count). The van der Waals surface area contributed by atoms with Gasteiger partial charge in [-0.05, 0) is 25.0 Å². The molecular formula is C17H14FNO5. The number of hydrogen-bond acceptors (Lipinski definition) is 4. The zero-order valence-electron chi connectivity index (χ0n) is 12.8. The summed E-state index contributed by atoms with van der Waals surface area (Å²) in [7, 11) is 1.50. The average Bonchev–Trinajstić information content (AvgIpc) is 3.28. The van der Waals surface area contributed by atoms with Crippen LogP contribution >= 0.6 is 0 Å². The van der Waals surface area contributed by atoms with Gasteiger partial charge in [-0.15, -0.1) is 0 Å². The summed E-state index contributed by atoms with van der Waals surface area (Å²) in [6, 6.07) is 2.73. The van der Waals surface area contributed by atoms with Gasteiger partial charge in [-0.1, -0.05) is 0 Å². The molecule has 0 spiro atoms. The summed E-state index contributed by atoms with van der Waals surface area (Å²) >= 11 is 0. The van der Waals surface area contributed by atoms with E-state index in [1.54, 1.807) is 10.6 Å². The van der Waals surface area contributed by atoms with Crippen LogP contribution in [0.1, 0.15) is 35.0 Å². The maximum atomic E-state index is 14.4. The number of rotatable bonds is 4. The first-order valence-corrected chi connectivity index (χ1v) is 7.53. The van der Waals surface area contributed by atoms with Crippen molar-refractivity contribution in [1.29, 1.82) is 0 Å². The molecule has 7 heteroatoms. The molecule has 1 saturated carbocycles. The van der Waals surface area contributed by atoms with Gasteiger partial charge in [0, 0.05) is 19.3 Å². The second-order valence-corrected chi connectivity index (χ2v) is 5.96. The van der Waals surface area contributed by atoms with E-state index in [4.69, 9.17) is 9.15 Å². The number of nitrogens with zero attached hydrogens (tertiary/aromatic N) is 1. The van der Waals surface area contributed by atoms with Crippen LogP contribution in [0.3, 0.4) is 0 Å². The third-order valence-electron chi connectivity index (χ3n) is 4.25. The Labute approximate surface area is 135 Å². The molecule has 0 atom stereocenters. The monoisotopic (exact) mass is 331 g/mol. The molecule has 1 fully saturated rings. The van der Waals surface area contributed by atoms with Crippen LogP contribution in [0, 0.1) is 5.82 Å². The lowest BCUT2D eigenvalue weighted by Gasteiger charge is -2.12. The lowest BCUT2D eigenvalue weighted by atomic mass is 10.1. The van der Waals surface area contributed by atoms with Crippen molar-refractivity contribution in [1.82, 2.24) is 4.57 Å². The molecule has 0 aliphatic heterocycles. The van der Waals surface area contributed by atoms with Crippen LogP contribution < -0.4 is 5.43 Å². The molecule has 0 radical (unpaired) electrons. The van der Waals surface area contributed by atoms with Crippen LogP contribution in [0.2, 0.25) is 0 Å². The fourth-order valence-electron chi connectivity index (χ4n) is 3.03. The maximum Gasteiger partial charge on any atom is 0.341 e. The van der Waals surface area contributed by atoms with Gasteiger partial charge in [-0.2, -0.15) is 0 Å². The van der Waals surface area contributed by atoms with Gasteiger partial charge in [0.05, 0.1) is 16.3 Å². The Kier molecular flexibility index (Phi) is 3.21. The van der Waals surface area contributed by atoms with E-state index in [1.165, 1.54) is 13.3 Å². The van der Waals surface area contributed by atoms with E-state index in [0.717, 1.165) is 18.9 Å². The summed E-state index contributed by atoms with van der Waals surface area (Å²) < 4.78 is 26.9. The van der Waals surface area contributed by atoms with Gasteiger partial charge in [0.1, 0.15) is 23.7 Å². The molecule has 1 aliphatic carbocycles. The number of aromatic carboxylic acids is 1. The fraction of sp³-hybridized carbons (Fsp3) is 0.294. The van der Waals surface area contributed by atoms with Crippen LogP contribution in [-0.4, -0.2) is 22.8 Å². The van der Waals surface area contributed by atoms with Gasteiger partial charge in [-0.3, -0.25) is 4.79 Å². The Bertz CT molecular complexity index is 1040. The molecule has 2 aromatic heterocycles. The van der Waals surface area contributed by atoms with E-state index in [9.17, 15) is 19.1 Å². The van der Waals surface area contributed by atoms with Crippen LogP contribution in [0.4, 0.5) is 4.39 Å². The molecule has 124 valence electrons.